The van der Waals surface area contributed by atoms with Gasteiger partial charge in [-0.3, -0.25) is 25.1 Å². The summed E-state index contributed by atoms with van der Waals surface area (Å²) in [6.45, 7) is 5.76. The molecular formula is C23H22Cl2N4O4. The number of halogens is 2. The standard InChI is InChI=1S/C23H22Cl2N4O4/c1-21(2)22(3)10-11-23(21,20(31)26-17-12-13(24)4-9-16(17)25)19(30)18(22)28-27-14-5-7-15(8-6-14)29(32)33/h4-9,12,27H,10-11H2,1-3H3,(H,26,31)/b28-18+. The van der Waals surface area contributed by atoms with Crippen molar-refractivity contribution in [2.24, 2.45) is 21.3 Å². The van der Waals surface area contributed by atoms with E-state index in [4.69, 9.17) is 23.2 Å². The molecule has 2 atom stereocenters. The Morgan fingerprint density at radius 2 is 1.76 bits per heavy atom. The lowest BCUT2D eigenvalue weighted by molar-refractivity contribution is -0.384. The summed E-state index contributed by atoms with van der Waals surface area (Å²) in [6, 6.07) is 10.5. The SMILES string of the molecule is CC12CCC(C(=O)Nc3cc(Cl)ccc3Cl)(C(=O)/C1=N\Nc1ccc([N+](=O)[O-])cc1)C2(C)C. The maximum absolute atomic E-state index is 13.7. The van der Waals surface area contributed by atoms with E-state index < -0.39 is 27.1 Å². The summed E-state index contributed by atoms with van der Waals surface area (Å²) in [5, 5.41) is 18.8. The third kappa shape index (κ3) is 3.31. The Balaban J connectivity index is 1.67. The first-order valence-corrected chi connectivity index (χ1v) is 11.1. The van der Waals surface area contributed by atoms with Gasteiger partial charge in [0.15, 0.2) is 5.78 Å². The van der Waals surface area contributed by atoms with E-state index in [9.17, 15) is 19.7 Å². The lowest BCUT2D eigenvalue weighted by atomic mass is 9.64. The number of hydrogen-bond donors (Lipinski definition) is 2. The zero-order valence-electron chi connectivity index (χ0n) is 18.2. The van der Waals surface area contributed by atoms with Crippen LogP contribution in [-0.2, 0) is 9.59 Å². The van der Waals surface area contributed by atoms with Gasteiger partial charge in [-0.25, -0.2) is 0 Å². The predicted molar refractivity (Wildman–Crippen MR) is 128 cm³/mol. The number of Topliss-reactive ketones (excluding diaryl/α,β-unsaturated/α-hetero) is 1. The average molecular weight is 489 g/mol. The molecule has 10 heteroatoms. The lowest BCUT2D eigenvalue weighted by Crippen LogP contribution is -2.47. The maximum atomic E-state index is 13.7. The van der Waals surface area contributed by atoms with Crippen LogP contribution in [0.1, 0.15) is 33.6 Å². The van der Waals surface area contributed by atoms with Gasteiger partial charge in [0, 0.05) is 22.6 Å². The summed E-state index contributed by atoms with van der Waals surface area (Å²) in [5.41, 5.74) is 1.22. The largest absolute Gasteiger partial charge is 0.324 e. The van der Waals surface area contributed by atoms with Crippen molar-refractivity contribution in [1.82, 2.24) is 0 Å². The van der Waals surface area contributed by atoms with E-state index in [2.05, 4.69) is 15.8 Å². The molecule has 0 radical (unpaired) electrons. The quantitative estimate of drug-likeness (QED) is 0.318. The van der Waals surface area contributed by atoms with Crippen molar-refractivity contribution in [2.75, 3.05) is 10.7 Å². The van der Waals surface area contributed by atoms with E-state index in [1.165, 1.54) is 24.3 Å². The molecule has 0 saturated heterocycles. The third-order valence-electron chi connectivity index (χ3n) is 7.51. The number of benzene rings is 2. The molecule has 2 N–H and O–H groups in total. The first-order valence-electron chi connectivity index (χ1n) is 10.3. The molecule has 2 fully saturated rings. The molecule has 0 aromatic heterocycles. The molecule has 2 aromatic carbocycles. The molecule has 0 spiro atoms. The second kappa shape index (κ2) is 7.81. The van der Waals surface area contributed by atoms with Gasteiger partial charge in [0.25, 0.3) is 5.69 Å². The minimum atomic E-state index is -1.32. The molecular weight excluding hydrogens is 467 g/mol. The van der Waals surface area contributed by atoms with E-state index in [0.717, 1.165) is 0 Å². The Hall–Kier alpha value is -2.97. The Kier molecular flexibility index (Phi) is 5.49. The number of hydrogen-bond acceptors (Lipinski definition) is 6. The number of amides is 1. The molecule has 172 valence electrons. The predicted octanol–water partition coefficient (Wildman–Crippen LogP) is 5.70. The average Bonchev–Trinajstić information content (AvgIpc) is 3.04. The van der Waals surface area contributed by atoms with E-state index in [1.807, 2.05) is 20.8 Å². The van der Waals surface area contributed by atoms with E-state index >= 15 is 0 Å². The summed E-state index contributed by atoms with van der Waals surface area (Å²) in [6.07, 6.45) is 0.985. The van der Waals surface area contributed by atoms with Crippen molar-refractivity contribution in [3.05, 3.63) is 62.6 Å². The second-order valence-electron chi connectivity index (χ2n) is 9.15. The second-order valence-corrected chi connectivity index (χ2v) is 9.99. The first kappa shape index (κ1) is 23.2. The Morgan fingerprint density at radius 3 is 2.39 bits per heavy atom. The fraction of sp³-hybridized carbons (Fsp3) is 0.348. The highest BCUT2D eigenvalue weighted by atomic mass is 35.5. The molecule has 2 saturated carbocycles. The molecule has 2 unspecified atom stereocenters. The number of carbonyl (C=O) groups is 2. The molecule has 2 aliphatic carbocycles. The van der Waals surface area contributed by atoms with E-state index in [-0.39, 0.29) is 17.2 Å². The highest BCUT2D eigenvalue weighted by Gasteiger charge is 2.76. The Labute approximate surface area is 200 Å². The fourth-order valence-corrected chi connectivity index (χ4v) is 5.41. The van der Waals surface area contributed by atoms with Gasteiger partial charge in [0.05, 0.1) is 21.3 Å². The van der Waals surface area contributed by atoms with Crippen molar-refractivity contribution in [1.29, 1.82) is 0 Å². The van der Waals surface area contributed by atoms with Crippen LogP contribution in [0.2, 0.25) is 10.0 Å². The molecule has 1 amide bonds. The minimum absolute atomic E-state index is 0.0485. The lowest BCUT2D eigenvalue weighted by Gasteiger charge is -2.37. The zero-order chi connectivity index (χ0) is 24.2. The number of nitrogens with zero attached hydrogens (tertiary/aromatic N) is 2. The van der Waals surface area contributed by atoms with Crippen LogP contribution in [0.3, 0.4) is 0 Å². The number of nitro groups is 1. The van der Waals surface area contributed by atoms with Crippen LogP contribution in [0.5, 0.6) is 0 Å². The van der Waals surface area contributed by atoms with Gasteiger partial charge in [-0.05, 0) is 48.6 Å². The van der Waals surface area contributed by atoms with Crippen LogP contribution in [0, 0.1) is 26.4 Å². The molecule has 4 rings (SSSR count). The van der Waals surface area contributed by atoms with Crippen LogP contribution >= 0.6 is 23.2 Å². The van der Waals surface area contributed by atoms with Gasteiger partial charge < -0.3 is 5.32 Å². The summed E-state index contributed by atoms with van der Waals surface area (Å²) in [4.78, 5) is 37.6. The van der Waals surface area contributed by atoms with Gasteiger partial charge >= 0.3 is 0 Å². The van der Waals surface area contributed by atoms with Gasteiger partial charge in [-0.2, -0.15) is 5.10 Å². The molecule has 2 aromatic rings. The van der Waals surface area contributed by atoms with Crippen molar-refractivity contribution in [3.8, 4) is 0 Å². The van der Waals surface area contributed by atoms with Crippen molar-refractivity contribution >= 4 is 57.7 Å². The number of hydrazone groups is 1. The van der Waals surface area contributed by atoms with Gasteiger partial charge in [0.2, 0.25) is 5.91 Å². The van der Waals surface area contributed by atoms with Crippen molar-refractivity contribution in [2.45, 2.75) is 33.6 Å². The summed E-state index contributed by atoms with van der Waals surface area (Å²) < 4.78 is 0. The number of fused-ring (bicyclic) bond motifs is 2. The third-order valence-corrected chi connectivity index (χ3v) is 8.08. The molecule has 8 nitrogen and oxygen atoms in total. The Morgan fingerprint density at radius 1 is 1.09 bits per heavy atom. The number of rotatable bonds is 5. The molecule has 2 bridgehead atoms. The van der Waals surface area contributed by atoms with E-state index in [0.29, 0.717) is 34.3 Å². The highest BCUT2D eigenvalue weighted by molar-refractivity contribution is 6.51. The highest BCUT2D eigenvalue weighted by Crippen LogP contribution is 2.69. The minimum Gasteiger partial charge on any atom is -0.324 e. The number of non-ortho nitro benzene ring substituents is 1. The van der Waals surface area contributed by atoms with Crippen molar-refractivity contribution in [3.63, 3.8) is 0 Å². The van der Waals surface area contributed by atoms with Crippen LogP contribution in [0.25, 0.3) is 0 Å². The monoisotopic (exact) mass is 488 g/mol. The molecule has 2 aliphatic rings. The molecule has 0 heterocycles. The Bertz CT molecular complexity index is 1210. The summed E-state index contributed by atoms with van der Waals surface area (Å²) >= 11 is 12.3. The number of nitro benzene ring substituents is 1. The zero-order valence-corrected chi connectivity index (χ0v) is 19.8. The van der Waals surface area contributed by atoms with Crippen LogP contribution < -0.4 is 10.7 Å². The van der Waals surface area contributed by atoms with Gasteiger partial charge in [-0.1, -0.05) is 44.0 Å². The number of nitrogens with one attached hydrogen (secondary N) is 2. The summed E-state index contributed by atoms with van der Waals surface area (Å²) in [7, 11) is 0. The first-order chi connectivity index (χ1) is 15.4. The van der Waals surface area contributed by atoms with Crippen LogP contribution in [0.15, 0.2) is 47.6 Å². The number of ketones is 1. The molecule has 33 heavy (non-hydrogen) atoms. The number of carbonyl (C=O) groups excluding carboxylic acids is 2. The van der Waals surface area contributed by atoms with Crippen LogP contribution in [-0.4, -0.2) is 22.3 Å². The van der Waals surface area contributed by atoms with Gasteiger partial charge in [0.1, 0.15) is 11.1 Å². The normalized spacial score (nSPS) is 26.5. The summed E-state index contributed by atoms with van der Waals surface area (Å²) in [5.74, 6) is -0.780. The maximum Gasteiger partial charge on any atom is 0.269 e. The van der Waals surface area contributed by atoms with E-state index in [1.54, 1.807) is 18.2 Å². The van der Waals surface area contributed by atoms with Gasteiger partial charge in [-0.15, -0.1) is 0 Å². The topological polar surface area (TPSA) is 114 Å². The van der Waals surface area contributed by atoms with Crippen LogP contribution in [0.4, 0.5) is 17.1 Å². The smallest absolute Gasteiger partial charge is 0.269 e. The fourth-order valence-electron chi connectivity index (χ4n) is 5.07. The number of anilines is 2. The molecule has 0 aliphatic heterocycles. The van der Waals surface area contributed by atoms with Crippen molar-refractivity contribution < 1.29 is 14.5 Å².